The molecule has 0 saturated carbocycles. The first-order valence-corrected chi connectivity index (χ1v) is 9.50. The number of rotatable bonds is 6. The molecule has 27 heavy (non-hydrogen) atoms. The van der Waals surface area contributed by atoms with Crippen LogP contribution in [0.4, 0.5) is 0 Å². The predicted molar refractivity (Wildman–Crippen MR) is 100 cm³/mol. The topological polar surface area (TPSA) is 79.0 Å². The second-order valence-corrected chi connectivity index (χ2v) is 7.25. The van der Waals surface area contributed by atoms with Crippen molar-refractivity contribution < 1.29 is 19.1 Å². The molecular weight excluding hydrogens is 346 g/mol. The molecule has 2 aliphatic rings. The van der Waals surface area contributed by atoms with Crippen molar-refractivity contribution in [3.8, 4) is 5.75 Å². The van der Waals surface area contributed by atoms with Crippen LogP contribution in [0.3, 0.4) is 0 Å². The van der Waals surface area contributed by atoms with Gasteiger partial charge in [0.2, 0.25) is 11.8 Å². The van der Waals surface area contributed by atoms with E-state index in [2.05, 4.69) is 5.32 Å². The molecule has 0 radical (unpaired) electrons. The van der Waals surface area contributed by atoms with E-state index in [1.54, 1.807) is 35.1 Å². The van der Waals surface area contributed by atoms with E-state index in [1.165, 1.54) is 0 Å². The van der Waals surface area contributed by atoms with Crippen LogP contribution in [0.15, 0.2) is 18.2 Å². The van der Waals surface area contributed by atoms with Crippen LogP contribution >= 0.6 is 0 Å². The highest BCUT2D eigenvalue weighted by molar-refractivity contribution is 5.96. The summed E-state index contributed by atoms with van der Waals surface area (Å²) in [5.74, 6) is 0.408. The van der Waals surface area contributed by atoms with Gasteiger partial charge in [-0.1, -0.05) is 6.92 Å². The lowest BCUT2D eigenvalue weighted by atomic mass is 10.1. The average Bonchev–Trinajstić information content (AvgIpc) is 3.16. The SMILES string of the molecule is CC[C@H](C)NC(=O)c1ccc(OC)c(CN2CC(=O)N3CCC[C@@H]3C2=O)c1. The quantitative estimate of drug-likeness (QED) is 0.821. The highest BCUT2D eigenvalue weighted by atomic mass is 16.5. The normalized spacial score (nSPS) is 20.5. The minimum atomic E-state index is -0.339. The van der Waals surface area contributed by atoms with Crippen molar-refractivity contribution in [1.82, 2.24) is 15.1 Å². The Balaban J connectivity index is 1.80. The molecule has 1 aromatic rings. The maximum Gasteiger partial charge on any atom is 0.251 e. The summed E-state index contributed by atoms with van der Waals surface area (Å²) in [6, 6.07) is 4.93. The molecule has 1 aromatic carbocycles. The van der Waals surface area contributed by atoms with E-state index in [0.717, 1.165) is 24.8 Å². The molecule has 2 saturated heterocycles. The number of hydrogen-bond donors (Lipinski definition) is 1. The number of ether oxygens (including phenoxy) is 1. The van der Waals surface area contributed by atoms with Crippen molar-refractivity contribution in [1.29, 1.82) is 0 Å². The van der Waals surface area contributed by atoms with Crippen LogP contribution in [0.2, 0.25) is 0 Å². The molecule has 146 valence electrons. The molecule has 2 aliphatic heterocycles. The fourth-order valence-electron chi connectivity index (χ4n) is 3.66. The minimum Gasteiger partial charge on any atom is -0.496 e. The van der Waals surface area contributed by atoms with Gasteiger partial charge < -0.3 is 19.9 Å². The summed E-state index contributed by atoms with van der Waals surface area (Å²) in [6.07, 6.45) is 2.43. The van der Waals surface area contributed by atoms with E-state index < -0.39 is 0 Å². The Morgan fingerprint density at radius 2 is 2.15 bits per heavy atom. The summed E-state index contributed by atoms with van der Waals surface area (Å²) in [5, 5.41) is 2.94. The third-order valence-electron chi connectivity index (χ3n) is 5.39. The smallest absolute Gasteiger partial charge is 0.251 e. The largest absolute Gasteiger partial charge is 0.496 e. The standard InChI is InChI=1S/C20H27N3O4/c1-4-13(2)21-19(25)14-7-8-17(27-3)15(10-14)11-22-12-18(24)23-9-5-6-16(23)20(22)26/h7-8,10,13,16H,4-6,9,11-12H2,1-3H3,(H,21,25)/t13-,16+/m0/s1. The number of piperazine rings is 1. The predicted octanol–water partition coefficient (Wildman–Crippen LogP) is 1.56. The first kappa shape index (κ1) is 19.2. The second kappa shape index (κ2) is 7.98. The Kier molecular flexibility index (Phi) is 5.68. The lowest BCUT2D eigenvalue weighted by Gasteiger charge is -2.36. The van der Waals surface area contributed by atoms with Crippen LogP contribution in [-0.2, 0) is 16.1 Å². The van der Waals surface area contributed by atoms with Gasteiger partial charge in [0.25, 0.3) is 5.91 Å². The second-order valence-electron chi connectivity index (χ2n) is 7.25. The van der Waals surface area contributed by atoms with Gasteiger partial charge in [0.15, 0.2) is 0 Å². The number of carbonyl (C=O) groups excluding carboxylic acids is 3. The van der Waals surface area contributed by atoms with Crippen molar-refractivity contribution in [2.45, 2.75) is 51.7 Å². The fraction of sp³-hybridized carbons (Fsp3) is 0.550. The Morgan fingerprint density at radius 3 is 2.85 bits per heavy atom. The summed E-state index contributed by atoms with van der Waals surface area (Å²) in [5.41, 5.74) is 1.24. The Morgan fingerprint density at radius 1 is 1.37 bits per heavy atom. The van der Waals surface area contributed by atoms with Gasteiger partial charge in [-0.15, -0.1) is 0 Å². The maximum absolute atomic E-state index is 12.8. The van der Waals surface area contributed by atoms with Gasteiger partial charge >= 0.3 is 0 Å². The summed E-state index contributed by atoms with van der Waals surface area (Å²) < 4.78 is 5.41. The van der Waals surface area contributed by atoms with E-state index in [4.69, 9.17) is 4.74 Å². The molecular formula is C20H27N3O4. The van der Waals surface area contributed by atoms with Crippen molar-refractivity contribution in [2.24, 2.45) is 0 Å². The van der Waals surface area contributed by atoms with Crippen molar-refractivity contribution in [3.63, 3.8) is 0 Å². The third-order valence-corrected chi connectivity index (χ3v) is 5.39. The van der Waals surface area contributed by atoms with Crippen LogP contribution in [-0.4, -0.2) is 59.8 Å². The first-order chi connectivity index (χ1) is 12.9. The van der Waals surface area contributed by atoms with Gasteiger partial charge in [-0.2, -0.15) is 0 Å². The van der Waals surface area contributed by atoms with Crippen LogP contribution in [0.25, 0.3) is 0 Å². The van der Waals surface area contributed by atoms with Gasteiger partial charge in [-0.25, -0.2) is 0 Å². The molecule has 3 rings (SSSR count). The Labute approximate surface area is 159 Å². The molecule has 1 N–H and O–H groups in total. The molecule has 7 heteroatoms. The summed E-state index contributed by atoms with van der Waals surface area (Å²) in [6.45, 7) is 4.95. The van der Waals surface area contributed by atoms with Gasteiger partial charge in [-0.05, 0) is 44.4 Å². The Bertz CT molecular complexity index is 749. The average molecular weight is 373 g/mol. The molecule has 7 nitrogen and oxygen atoms in total. The van der Waals surface area contributed by atoms with E-state index in [9.17, 15) is 14.4 Å². The molecule has 2 atom stereocenters. The van der Waals surface area contributed by atoms with Gasteiger partial charge in [0, 0.05) is 30.3 Å². The lowest BCUT2D eigenvalue weighted by molar-refractivity contribution is -0.154. The number of nitrogens with one attached hydrogen (secondary N) is 1. The zero-order valence-corrected chi connectivity index (χ0v) is 16.2. The summed E-state index contributed by atoms with van der Waals surface area (Å²) in [4.78, 5) is 40.8. The summed E-state index contributed by atoms with van der Waals surface area (Å²) >= 11 is 0. The monoisotopic (exact) mass is 373 g/mol. The van der Waals surface area contributed by atoms with Crippen molar-refractivity contribution in [2.75, 3.05) is 20.2 Å². The molecule has 0 aliphatic carbocycles. The third kappa shape index (κ3) is 3.91. The van der Waals surface area contributed by atoms with Gasteiger partial charge in [0.05, 0.1) is 7.11 Å². The zero-order valence-electron chi connectivity index (χ0n) is 16.2. The van der Waals surface area contributed by atoms with E-state index in [0.29, 0.717) is 17.9 Å². The van der Waals surface area contributed by atoms with Gasteiger partial charge in [-0.3, -0.25) is 14.4 Å². The zero-order chi connectivity index (χ0) is 19.6. The number of methoxy groups -OCH3 is 1. The molecule has 2 fully saturated rings. The number of hydrogen-bond acceptors (Lipinski definition) is 4. The molecule has 0 spiro atoms. The van der Waals surface area contributed by atoms with Gasteiger partial charge in [0.1, 0.15) is 18.3 Å². The molecule has 0 bridgehead atoms. The highest BCUT2D eigenvalue weighted by Crippen LogP contribution is 2.27. The highest BCUT2D eigenvalue weighted by Gasteiger charge is 2.41. The number of carbonyl (C=O) groups is 3. The van der Waals surface area contributed by atoms with Crippen LogP contribution in [0.1, 0.15) is 49.0 Å². The van der Waals surface area contributed by atoms with Crippen LogP contribution in [0.5, 0.6) is 5.75 Å². The fourth-order valence-corrected chi connectivity index (χ4v) is 3.66. The maximum atomic E-state index is 12.8. The van der Waals surface area contributed by atoms with E-state index in [1.807, 2.05) is 13.8 Å². The number of amides is 3. The van der Waals surface area contributed by atoms with E-state index in [-0.39, 0.29) is 42.9 Å². The molecule has 3 amide bonds. The molecule has 0 unspecified atom stereocenters. The summed E-state index contributed by atoms with van der Waals surface area (Å²) in [7, 11) is 1.56. The number of fused-ring (bicyclic) bond motifs is 1. The van der Waals surface area contributed by atoms with E-state index >= 15 is 0 Å². The Hall–Kier alpha value is -2.57. The van der Waals surface area contributed by atoms with Crippen LogP contribution in [0, 0.1) is 0 Å². The molecule has 0 aromatic heterocycles. The lowest BCUT2D eigenvalue weighted by Crippen LogP contribution is -2.56. The number of nitrogens with zero attached hydrogens (tertiary/aromatic N) is 2. The first-order valence-electron chi connectivity index (χ1n) is 9.50. The molecule has 2 heterocycles. The number of benzene rings is 1. The van der Waals surface area contributed by atoms with Crippen molar-refractivity contribution >= 4 is 17.7 Å². The van der Waals surface area contributed by atoms with Crippen molar-refractivity contribution in [3.05, 3.63) is 29.3 Å². The van der Waals surface area contributed by atoms with Crippen LogP contribution < -0.4 is 10.1 Å². The minimum absolute atomic E-state index is 0.0123.